The van der Waals surface area contributed by atoms with Crippen LogP contribution in [0, 0.1) is 3.91 Å². The topological polar surface area (TPSA) is 102 Å². The summed E-state index contributed by atoms with van der Waals surface area (Å²) in [5.41, 5.74) is 0. The fraction of sp³-hybridized carbons (Fsp3) is 0. The Balaban J connectivity index is 4.97. The number of thiol groups is 3. The Morgan fingerprint density at radius 2 is 0.800 bits per heavy atom. The molecule has 0 aromatic carbocycles. The first kappa shape index (κ1) is 9.85. The highest BCUT2D eigenvalue weighted by atomic mass is 32.3. The predicted octanol–water partition coefficient (Wildman–Crippen LogP) is -2.73. The third kappa shape index (κ3) is 2.62. The second-order valence-electron chi connectivity index (χ2n) is 1.07. The van der Waals surface area contributed by atoms with Crippen LogP contribution in [-0.4, -0.2) is 25.3 Å². The van der Waals surface area contributed by atoms with Crippen molar-refractivity contribution in [3.63, 3.8) is 0 Å². The summed E-state index contributed by atoms with van der Waals surface area (Å²) in [5, 5.41) is 0. The first-order valence-corrected chi connectivity index (χ1v) is 5.30. The molecule has 0 spiro atoms. The molecule has 0 rings (SSSR count). The molecule has 0 aromatic rings. The molecule has 0 fully saturated rings. The summed E-state index contributed by atoms with van der Waals surface area (Å²) in [6, 6.07) is 0. The van der Waals surface area contributed by atoms with Gasteiger partial charge in [-0.25, -0.2) is 25.3 Å². The van der Waals surface area contributed by atoms with Crippen LogP contribution in [0.25, 0.3) is 0 Å². The van der Waals surface area contributed by atoms with E-state index in [2.05, 4.69) is 0 Å². The Labute approximate surface area is 61.7 Å². The summed E-state index contributed by atoms with van der Waals surface area (Å²) < 4.78 is 57.4. The molecule has 0 aliphatic rings. The molecule has 0 saturated heterocycles. The van der Waals surface area contributed by atoms with E-state index in [9.17, 15) is 25.3 Å². The number of rotatable bonds is 3. The van der Waals surface area contributed by atoms with Crippen molar-refractivity contribution in [2.24, 2.45) is 0 Å². The average molecular weight is 207 g/mol. The van der Waals surface area contributed by atoms with E-state index in [0.717, 1.165) is 0 Å². The van der Waals surface area contributed by atoms with Gasteiger partial charge in [0.15, 0.2) is 32.1 Å². The van der Waals surface area contributed by atoms with E-state index in [-0.39, 0.29) is 0 Å². The van der Waals surface area contributed by atoms with Crippen LogP contribution >= 0.6 is 0 Å². The summed E-state index contributed by atoms with van der Waals surface area (Å²) in [7, 11) is -10.6. The summed E-state index contributed by atoms with van der Waals surface area (Å²) in [5.74, 6) is 0. The van der Waals surface area contributed by atoms with Crippen LogP contribution in [0.5, 0.6) is 0 Å². The van der Waals surface area contributed by atoms with Crippen LogP contribution in [0.1, 0.15) is 0 Å². The van der Waals surface area contributed by atoms with Crippen LogP contribution in [-0.2, 0) is 32.1 Å². The zero-order valence-corrected chi connectivity index (χ0v) is 6.97. The van der Waals surface area contributed by atoms with Crippen molar-refractivity contribution >= 4 is 32.1 Å². The standard InChI is InChI=1S/CH3O6S3/c2-8(3)1(9(4)5)10(6)7/h8-10H. The molecule has 0 saturated carbocycles. The van der Waals surface area contributed by atoms with Crippen molar-refractivity contribution < 1.29 is 25.3 Å². The SMILES string of the molecule is O=[SH](=O)[C]([SH](=O)=O)[SH](=O)=O. The van der Waals surface area contributed by atoms with Crippen molar-refractivity contribution in [3.05, 3.63) is 3.91 Å². The van der Waals surface area contributed by atoms with Crippen molar-refractivity contribution in [2.45, 2.75) is 0 Å². The molecule has 0 aliphatic carbocycles. The summed E-state index contributed by atoms with van der Waals surface area (Å²) >= 11 is 0. The van der Waals surface area contributed by atoms with E-state index in [1.807, 2.05) is 0 Å². The molecule has 0 aliphatic heterocycles. The fourth-order valence-corrected chi connectivity index (χ4v) is 1.80. The summed E-state index contributed by atoms with van der Waals surface area (Å²) in [6.07, 6.45) is 0. The minimum atomic E-state index is -3.52. The van der Waals surface area contributed by atoms with Crippen LogP contribution in [0.2, 0.25) is 0 Å². The lowest BCUT2D eigenvalue weighted by Crippen LogP contribution is -2.02. The smallest absolute Gasteiger partial charge is 0.229 e. The molecular formula is CH3O6S3. The van der Waals surface area contributed by atoms with Gasteiger partial charge < -0.3 is 0 Å². The van der Waals surface area contributed by atoms with Crippen LogP contribution in [0.15, 0.2) is 0 Å². The minimum absolute atomic E-state index is 1.44. The molecule has 61 valence electrons. The first-order chi connectivity index (χ1) is 4.46. The van der Waals surface area contributed by atoms with Crippen molar-refractivity contribution in [1.82, 2.24) is 0 Å². The average Bonchev–Trinajstić information content (AvgIpc) is 1.59. The summed E-state index contributed by atoms with van der Waals surface area (Å²) in [4.78, 5) is 0. The van der Waals surface area contributed by atoms with E-state index < -0.39 is 36.0 Å². The molecule has 0 amide bonds. The second-order valence-corrected chi connectivity index (χ2v) is 5.01. The van der Waals surface area contributed by atoms with Crippen molar-refractivity contribution in [2.75, 3.05) is 0 Å². The van der Waals surface area contributed by atoms with E-state index in [0.29, 0.717) is 0 Å². The quantitative estimate of drug-likeness (QED) is 0.434. The van der Waals surface area contributed by atoms with Crippen LogP contribution in [0.4, 0.5) is 0 Å². The van der Waals surface area contributed by atoms with E-state index in [1.165, 1.54) is 0 Å². The van der Waals surface area contributed by atoms with Gasteiger partial charge in [-0.15, -0.1) is 0 Å². The van der Waals surface area contributed by atoms with Gasteiger partial charge in [0.25, 0.3) is 0 Å². The molecule has 6 nitrogen and oxygen atoms in total. The van der Waals surface area contributed by atoms with Gasteiger partial charge in [-0.05, 0) is 0 Å². The Bertz CT molecular complexity index is 240. The molecule has 0 unspecified atom stereocenters. The molecule has 0 atom stereocenters. The van der Waals surface area contributed by atoms with Gasteiger partial charge in [0, 0.05) is 0 Å². The van der Waals surface area contributed by atoms with Crippen LogP contribution < -0.4 is 0 Å². The molecule has 9 heteroatoms. The van der Waals surface area contributed by atoms with Crippen LogP contribution in [0.3, 0.4) is 0 Å². The summed E-state index contributed by atoms with van der Waals surface area (Å²) in [6.45, 7) is 0. The molecule has 0 aromatic heterocycles. The lowest BCUT2D eigenvalue weighted by molar-refractivity contribution is 0.604. The maximum Gasteiger partial charge on any atom is 0.311 e. The fourth-order valence-electron chi connectivity index (χ4n) is 0.200. The Morgan fingerprint density at radius 1 is 0.600 bits per heavy atom. The lowest BCUT2D eigenvalue weighted by atomic mass is 11.9. The lowest BCUT2D eigenvalue weighted by Gasteiger charge is -1.84. The highest BCUT2D eigenvalue weighted by molar-refractivity contribution is 8.12. The highest BCUT2D eigenvalue weighted by Gasteiger charge is 2.19. The Hall–Kier alpha value is -0.150. The van der Waals surface area contributed by atoms with Gasteiger partial charge in [0.2, 0.25) is 0 Å². The maximum atomic E-state index is 9.81. The zero-order valence-electron chi connectivity index (χ0n) is 4.29. The largest absolute Gasteiger partial charge is 0.311 e. The van der Waals surface area contributed by atoms with Gasteiger partial charge in [-0.3, -0.25) is 0 Å². The molecular weight excluding hydrogens is 204 g/mol. The molecule has 0 heterocycles. The third-order valence-electron chi connectivity index (χ3n) is 0.490. The second kappa shape index (κ2) is 3.88. The van der Waals surface area contributed by atoms with E-state index >= 15 is 0 Å². The van der Waals surface area contributed by atoms with Gasteiger partial charge in [0.1, 0.15) is 0 Å². The maximum absolute atomic E-state index is 9.81. The molecule has 0 bridgehead atoms. The van der Waals surface area contributed by atoms with Gasteiger partial charge in [0.05, 0.1) is 0 Å². The zero-order chi connectivity index (χ0) is 8.31. The molecule has 10 heavy (non-hydrogen) atoms. The number of hydrogen-bond acceptors (Lipinski definition) is 6. The highest BCUT2D eigenvalue weighted by Crippen LogP contribution is 2.00. The normalized spacial score (nSPS) is 12.0. The van der Waals surface area contributed by atoms with Gasteiger partial charge >= 0.3 is 3.91 Å². The Morgan fingerprint density at radius 3 is 0.800 bits per heavy atom. The molecule has 1 radical (unpaired) electrons. The minimum Gasteiger partial charge on any atom is -0.229 e. The predicted molar refractivity (Wildman–Crippen MR) is 34.2 cm³/mol. The van der Waals surface area contributed by atoms with E-state index in [4.69, 9.17) is 0 Å². The monoisotopic (exact) mass is 207 g/mol. The first-order valence-electron chi connectivity index (χ1n) is 1.77. The third-order valence-corrected chi connectivity index (χ3v) is 4.41. The van der Waals surface area contributed by atoms with Crippen molar-refractivity contribution in [1.29, 1.82) is 0 Å². The number of hydrogen-bond donors (Lipinski definition) is 3. The van der Waals surface area contributed by atoms with Gasteiger partial charge in [-0.2, -0.15) is 0 Å². The Kier molecular flexibility index (Phi) is 3.83. The van der Waals surface area contributed by atoms with Gasteiger partial charge in [-0.1, -0.05) is 0 Å². The molecule has 0 N–H and O–H groups in total. The van der Waals surface area contributed by atoms with E-state index in [1.54, 1.807) is 0 Å². The van der Waals surface area contributed by atoms with Crippen molar-refractivity contribution in [3.8, 4) is 0 Å².